The lowest BCUT2D eigenvalue weighted by molar-refractivity contribution is -0.138. The molecule has 0 aromatic heterocycles. The first kappa shape index (κ1) is 15.4. The quantitative estimate of drug-likeness (QED) is 0.926. The van der Waals surface area contributed by atoms with E-state index in [0.717, 1.165) is 18.4 Å². The van der Waals surface area contributed by atoms with Crippen molar-refractivity contribution in [1.29, 1.82) is 0 Å². The number of nitrogens with zero attached hydrogens (tertiary/aromatic N) is 2. The highest BCUT2D eigenvalue weighted by atomic mass is 16.4. The first-order chi connectivity index (χ1) is 9.97. The number of aryl methyl sites for hydroxylation is 1. The molecule has 0 aliphatic carbocycles. The SMILES string of the molecule is Cc1cccc(CN(C)C(=O)N2CCCC2CC(=O)O)c1. The lowest BCUT2D eigenvalue weighted by Crippen LogP contribution is -2.44. The first-order valence-corrected chi connectivity index (χ1v) is 7.26. The van der Waals surface area contributed by atoms with E-state index >= 15 is 0 Å². The summed E-state index contributed by atoms with van der Waals surface area (Å²) in [6, 6.07) is 7.80. The fraction of sp³-hybridized carbons (Fsp3) is 0.500. The van der Waals surface area contributed by atoms with Crippen LogP contribution < -0.4 is 0 Å². The molecule has 0 radical (unpaired) electrons. The lowest BCUT2D eigenvalue weighted by atomic mass is 10.1. The maximum absolute atomic E-state index is 12.5. The van der Waals surface area contributed by atoms with Gasteiger partial charge in [-0.15, -0.1) is 0 Å². The molecule has 21 heavy (non-hydrogen) atoms. The van der Waals surface area contributed by atoms with E-state index in [9.17, 15) is 9.59 Å². The molecular formula is C16H22N2O3. The zero-order chi connectivity index (χ0) is 15.4. The van der Waals surface area contributed by atoms with E-state index in [1.54, 1.807) is 16.8 Å². The summed E-state index contributed by atoms with van der Waals surface area (Å²) >= 11 is 0. The summed E-state index contributed by atoms with van der Waals surface area (Å²) in [5.74, 6) is -0.846. The topological polar surface area (TPSA) is 60.9 Å². The maximum Gasteiger partial charge on any atom is 0.320 e. The second kappa shape index (κ2) is 6.61. The Bertz CT molecular complexity index is 530. The molecule has 1 aromatic carbocycles. The van der Waals surface area contributed by atoms with Crippen LogP contribution in [0.1, 0.15) is 30.4 Å². The second-order valence-corrected chi connectivity index (χ2v) is 5.71. The number of urea groups is 1. The van der Waals surface area contributed by atoms with Gasteiger partial charge >= 0.3 is 12.0 Å². The molecule has 0 bridgehead atoms. The van der Waals surface area contributed by atoms with Crippen LogP contribution in [0.2, 0.25) is 0 Å². The minimum atomic E-state index is -0.846. The molecule has 5 heteroatoms. The van der Waals surface area contributed by atoms with Crippen molar-refractivity contribution >= 4 is 12.0 Å². The standard InChI is InChI=1S/C16H22N2O3/c1-12-5-3-6-13(9-12)11-17(2)16(21)18-8-4-7-14(18)10-15(19)20/h3,5-6,9,14H,4,7-8,10-11H2,1-2H3,(H,19,20). The Balaban J connectivity index is 1.99. The number of hydrogen-bond acceptors (Lipinski definition) is 2. The maximum atomic E-state index is 12.5. The summed E-state index contributed by atoms with van der Waals surface area (Å²) < 4.78 is 0. The van der Waals surface area contributed by atoms with Gasteiger partial charge in [0.1, 0.15) is 0 Å². The third kappa shape index (κ3) is 3.97. The number of carbonyl (C=O) groups excluding carboxylic acids is 1. The van der Waals surface area contributed by atoms with Gasteiger partial charge in [0.15, 0.2) is 0 Å². The Morgan fingerprint density at radius 2 is 2.19 bits per heavy atom. The van der Waals surface area contributed by atoms with Crippen molar-refractivity contribution in [2.24, 2.45) is 0 Å². The number of rotatable bonds is 4. The van der Waals surface area contributed by atoms with Crippen LogP contribution in [0.5, 0.6) is 0 Å². The highest BCUT2D eigenvalue weighted by Crippen LogP contribution is 2.22. The normalized spacial score (nSPS) is 17.8. The van der Waals surface area contributed by atoms with E-state index in [1.165, 1.54) is 5.56 Å². The van der Waals surface area contributed by atoms with Gasteiger partial charge in [-0.2, -0.15) is 0 Å². The molecule has 1 unspecified atom stereocenters. The molecule has 2 rings (SSSR count). The summed E-state index contributed by atoms with van der Waals surface area (Å²) in [4.78, 5) is 26.7. The van der Waals surface area contributed by atoms with Crippen LogP contribution in [0, 0.1) is 6.92 Å². The summed E-state index contributed by atoms with van der Waals surface area (Å²) in [6.45, 7) is 3.21. The molecular weight excluding hydrogens is 268 g/mol. The third-order valence-corrected chi connectivity index (χ3v) is 3.86. The number of amides is 2. The molecule has 5 nitrogen and oxygen atoms in total. The summed E-state index contributed by atoms with van der Waals surface area (Å²) in [7, 11) is 1.76. The molecule has 1 saturated heterocycles. The third-order valence-electron chi connectivity index (χ3n) is 3.86. The van der Waals surface area contributed by atoms with Gasteiger partial charge in [0.25, 0.3) is 0 Å². The van der Waals surface area contributed by atoms with E-state index in [2.05, 4.69) is 6.07 Å². The number of likely N-dealkylation sites (tertiary alicyclic amines) is 1. The highest BCUT2D eigenvalue weighted by molar-refractivity contribution is 5.76. The van der Waals surface area contributed by atoms with Crippen LogP contribution in [0.3, 0.4) is 0 Å². The number of aliphatic carboxylic acids is 1. The molecule has 1 N–H and O–H groups in total. The van der Waals surface area contributed by atoms with E-state index in [-0.39, 0.29) is 18.5 Å². The molecule has 1 aliphatic heterocycles. The number of carbonyl (C=O) groups is 2. The van der Waals surface area contributed by atoms with E-state index in [0.29, 0.717) is 13.1 Å². The number of carboxylic acids is 1. The van der Waals surface area contributed by atoms with E-state index in [4.69, 9.17) is 5.11 Å². The van der Waals surface area contributed by atoms with Gasteiger partial charge in [0.05, 0.1) is 6.42 Å². The number of benzene rings is 1. The van der Waals surface area contributed by atoms with Crippen LogP contribution in [0.4, 0.5) is 4.79 Å². The molecule has 1 atom stereocenters. The number of hydrogen-bond donors (Lipinski definition) is 1. The Morgan fingerprint density at radius 3 is 2.86 bits per heavy atom. The van der Waals surface area contributed by atoms with Gasteiger partial charge in [-0.1, -0.05) is 29.8 Å². The molecule has 2 amide bonds. The van der Waals surface area contributed by atoms with Crippen molar-refractivity contribution in [2.45, 2.75) is 38.8 Å². The zero-order valence-corrected chi connectivity index (χ0v) is 12.6. The van der Waals surface area contributed by atoms with Crippen LogP contribution in [0.25, 0.3) is 0 Å². The molecule has 1 fully saturated rings. The summed E-state index contributed by atoms with van der Waals surface area (Å²) in [6.07, 6.45) is 1.68. The predicted octanol–water partition coefficient (Wildman–Crippen LogP) is 2.49. The minimum Gasteiger partial charge on any atom is -0.481 e. The summed E-state index contributed by atoms with van der Waals surface area (Å²) in [5, 5.41) is 8.93. The van der Waals surface area contributed by atoms with Crippen LogP contribution in [0.15, 0.2) is 24.3 Å². The van der Waals surface area contributed by atoms with Gasteiger partial charge in [0, 0.05) is 26.2 Å². The fourth-order valence-corrected chi connectivity index (χ4v) is 2.87. The molecule has 0 spiro atoms. The van der Waals surface area contributed by atoms with Gasteiger partial charge in [-0.25, -0.2) is 4.79 Å². The molecule has 0 saturated carbocycles. The molecule has 114 valence electrons. The fourth-order valence-electron chi connectivity index (χ4n) is 2.87. The van der Waals surface area contributed by atoms with Gasteiger partial charge in [0.2, 0.25) is 0 Å². The number of carboxylic acid groups (broad SMARTS) is 1. The van der Waals surface area contributed by atoms with Crippen molar-refractivity contribution < 1.29 is 14.7 Å². The highest BCUT2D eigenvalue weighted by Gasteiger charge is 2.31. The lowest BCUT2D eigenvalue weighted by Gasteiger charge is -2.29. The second-order valence-electron chi connectivity index (χ2n) is 5.71. The molecule has 1 heterocycles. The van der Waals surface area contributed by atoms with Crippen LogP contribution in [-0.4, -0.2) is 46.5 Å². The minimum absolute atomic E-state index is 0.0318. The van der Waals surface area contributed by atoms with Crippen molar-refractivity contribution in [3.8, 4) is 0 Å². The zero-order valence-electron chi connectivity index (χ0n) is 12.6. The Labute approximate surface area is 125 Å². The Kier molecular flexibility index (Phi) is 4.83. The van der Waals surface area contributed by atoms with E-state index < -0.39 is 5.97 Å². The Morgan fingerprint density at radius 1 is 1.43 bits per heavy atom. The largest absolute Gasteiger partial charge is 0.481 e. The molecule has 1 aliphatic rings. The van der Waals surface area contributed by atoms with Gasteiger partial charge in [-0.3, -0.25) is 4.79 Å². The van der Waals surface area contributed by atoms with Crippen molar-refractivity contribution in [1.82, 2.24) is 9.80 Å². The van der Waals surface area contributed by atoms with Crippen molar-refractivity contribution in [3.05, 3.63) is 35.4 Å². The van der Waals surface area contributed by atoms with Crippen LogP contribution in [-0.2, 0) is 11.3 Å². The summed E-state index contributed by atoms with van der Waals surface area (Å²) in [5.41, 5.74) is 2.25. The predicted molar refractivity (Wildman–Crippen MR) is 80.0 cm³/mol. The van der Waals surface area contributed by atoms with Gasteiger partial charge in [-0.05, 0) is 25.3 Å². The molecule has 1 aromatic rings. The smallest absolute Gasteiger partial charge is 0.320 e. The monoisotopic (exact) mass is 290 g/mol. The average molecular weight is 290 g/mol. The Hall–Kier alpha value is -2.04. The van der Waals surface area contributed by atoms with Crippen molar-refractivity contribution in [3.63, 3.8) is 0 Å². The van der Waals surface area contributed by atoms with Gasteiger partial charge < -0.3 is 14.9 Å². The van der Waals surface area contributed by atoms with Crippen LogP contribution >= 0.6 is 0 Å². The van der Waals surface area contributed by atoms with E-state index in [1.807, 2.05) is 25.1 Å². The van der Waals surface area contributed by atoms with Crippen molar-refractivity contribution in [2.75, 3.05) is 13.6 Å². The first-order valence-electron chi connectivity index (χ1n) is 7.26. The average Bonchev–Trinajstić information content (AvgIpc) is 2.85.